The summed E-state index contributed by atoms with van der Waals surface area (Å²) in [6.07, 6.45) is 2.99. The fourth-order valence-electron chi connectivity index (χ4n) is 3.95. The highest BCUT2D eigenvalue weighted by Gasteiger charge is 2.32. The summed E-state index contributed by atoms with van der Waals surface area (Å²) >= 11 is 1.57. The van der Waals surface area contributed by atoms with Crippen LogP contribution in [0.2, 0.25) is 0 Å². The van der Waals surface area contributed by atoms with Crippen LogP contribution in [-0.4, -0.2) is 51.1 Å². The number of hydrogen-bond acceptors (Lipinski definition) is 5. The summed E-state index contributed by atoms with van der Waals surface area (Å²) in [4.78, 5) is 13.9. The van der Waals surface area contributed by atoms with Crippen LogP contribution in [0.5, 0.6) is 5.75 Å². The number of hydrogen-bond donors (Lipinski definition) is 1. The first kappa shape index (κ1) is 25.6. The lowest BCUT2D eigenvalue weighted by Gasteiger charge is -2.30. The Morgan fingerprint density at radius 3 is 2.33 bits per heavy atom. The normalized spacial score (nSPS) is 15.9. The van der Waals surface area contributed by atoms with Crippen molar-refractivity contribution < 1.29 is 17.9 Å². The summed E-state index contributed by atoms with van der Waals surface area (Å²) in [6.45, 7) is 7.92. The smallest absolute Gasteiger partial charge is 0.243 e. The van der Waals surface area contributed by atoms with Crippen molar-refractivity contribution in [2.24, 2.45) is 5.92 Å². The molecule has 1 amide bonds. The van der Waals surface area contributed by atoms with Gasteiger partial charge in [-0.15, -0.1) is 11.8 Å². The summed E-state index contributed by atoms with van der Waals surface area (Å²) < 4.78 is 33.2. The zero-order valence-corrected chi connectivity index (χ0v) is 21.5. The van der Waals surface area contributed by atoms with E-state index >= 15 is 0 Å². The van der Waals surface area contributed by atoms with E-state index in [1.807, 2.05) is 36.6 Å². The van der Waals surface area contributed by atoms with E-state index in [0.717, 1.165) is 16.2 Å². The molecule has 2 aromatic rings. The topological polar surface area (TPSA) is 75.7 Å². The zero-order chi connectivity index (χ0) is 24.1. The standard InChI is InChI=1S/C25H34N2O4S2/c1-25(2,3)22-7-5-6-8-23(22)31-18-15-26-24(28)19-13-16-27(17-14-19)33(29,30)21-11-9-20(32-4)10-12-21/h5-12,19H,13-18H2,1-4H3,(H,26,28). The van der Waals surface area contributed by atoms with Crippen molar-refractivity contribution in [1.82, 2.24) is 9.62 Å². The van der Waals surface area contributed by atoms with E-state index in [4.69, 9.17) is 4.74 Å². The van der Waals surface area contributed by atoms with Crippen LogP contribution in [0.1, 0.15) is 39.2 Å². The van der Waals surface area contributed by atoms with Gasteiger partial charge in [0.1, 0.15) is 12.4 Å². The fourth-order valence-corrected chi connectivity index (χ4v) is 5.82. The van der Waals surface area contributed by atoms with Gasteiger partial charge >= 0.3 is 0 Å². The average molecular weight is 491 g/mol. The molecule has 0 spiro atoms. The number of thioether (sulfide) groups is 1. The van der Waals surface area contributed by atoms with Gasteiger partial charge in [0.15, 0.2) is 0 Å². The molecule has 0 bridgehead atoms. The van der Waals surface area contributed by atoms with Crippen molar-refractivity contribution in [1.29, 1.82) is 0 Å². The van der Waals surface area contributed by atoms with E-state index in [1.54, 1.807) is 23.9 Å². The molecule has 0 atom stereocenters. The fraction of sp³-hybridized carbons (Fsp3) is 0.480. The number of amides is 1. The molecule has 0 unspecified atom stereocenters. The maximum atomic E-state index is 12.9. The third-order valence-corrected chi connectivity index (χ3v) is 8.53. The predicted molar refractivity (Wildman–Crippen MR) is 133 cm³/mol. The molecule has 0 saturated carbocycles. The molecule has 1 fully saturated rings. The average Bonchev–Trinajstić information content (AvgIpc) is 2.81. The monoisotopic (exact) mass is 490 g/mol. The van der Waals surface area contributed by atoms with Crippen molar-refractivity contribution in [2.45, 2.75) is 48.8 Å². The lowest BCUT2D eigenvalue weighted by Crippen LogP contribution is -2.43. The lowest BCUT2D eigenvalue weighted by atomic mass is 9.86. The second-order valence-corrected chi connectivity index (χ2v) is 12.1. The van der Waals surface area contributed by atoms with E-state index in [2.05, 4.69) is 32.2 Å². The Kier molecular flexibility index (Phi) is 8.48. The van der Waals surface area contributed by atoms with Crippen LogP contribution in [0.15, 0.2) is 58.3 Å². The second-order valence-electron chi connectivity index (χ2n) is 9.24. The minimum atomic E-state index is -3.53. The van der Waals surface area contributed by atoms with Gasteiger partial charge in [-0.25, -0.2) is 8.42 Å². The highest BCUT2D eigenvalue weighted by molar-refractivity contribution is 7.98. The number of carbonyl (C=O) groups excluding carboxylic acids is 1. The number of benzene rings is 2. The van der Waals surface area contributed by atoms with Crippen molar-refractivity contribution in [3.8, 4) is 5.75 Å². The second kappa shape index (κ2) is 10.9. The quantitative estimate of drug-likeness (QED) is 0.441. The Labute approximate surface area is 202 Å². The van der Waals surface area contributed by atoms with Crippen LogP contribution < -0.4 is 10.1 Å². The van der Waals surface area contributed by atoms with Crippen molar-refractivity contribution >= 4 is 27.7 Å². The first-order chi connectivity index (χ1) is 15.6. The lowest BCUT2D eigenvalue weighted by molar-refractivity contribution is -0.126. The molecule has 1 N–H and O–H groups in total. The van der Waals surface area contributed by atoms with E-state index in [-0.39, 0.29) is 17.2 Å². The van der Waals surface area contributed by atoms with Gasteiger partial charge in [0.2, 0.25) is 15.9 Å². The Balaban J connectivity index is 1.46. The zero-order valence-electron chi connectivity index (χ0n) is 19.8. The van der Waals surface area contributed by atoms with Gasteiger partial charge in [0.05, 0.1) is 11.4 Å². The summed E-state index contributed by atoms with van der Waals surface area (Å²) in [5.41, 5.74) is 1.11. The molecule has 8 heteroatoms. The van der Waals surface area contributed by atoms with Gasteiger partial charge in [-0.05, 0) is 60.4 Å². The Hall–Kier alpha value is -2.03. The van der Waals surface area contributed by atoms with Crippen LogP contribution in [0.4, 0.5) is 0 Å². The van der Waals surface area contributed by atoms with E-state index in [0.29, 0.717) is 44.0 Å². The number of nitrogens with one attached hydrogen (secondary N) is 1. The molecule has 1 heterocycles. The van der Waals surface area contributed by atoms with E-state index in [1.165, 1.54) is 4.31 Å². The third-order valence-electron chi connectivity index (χ3n) is 5.88. The van der Waals surface area contributed by atoms with Gasteiger partial charge in [0.25, 0.3) is 0 Å². The Bertz CT molecular complexity index is 1040. The van der Waals surface area contributed by atoms with Gasteiger partial charge in [-0.2, -0.15) is 4.31 Å². The maximum Gasteiger partial charge on any atom is 0.243 e. The molecular weight excluding hydrogens is 456 g/mol. The molecule has 0 aliphatic carbocycles. The first-order valence-electron chi connectivity index (χ1n) is 11.3. The van der Waals surface area contributed by atoms with Crippen molar-refractivity contribution in [3.05, 3.63) is 54.1 Å². The van der Waals surface area contributed by atoms with Crippen molar-refractivity contribution in [2.75, 3.05) is 32.5 Å². The Morgan fingerprint density at radius 1 is 1.09 bits per heavy atom. The number of piperidine rings is 1. The number of nitrogens with zero attached hydrogens (tertiary/aromatic N) is 1. The van der Waals surface area contributed by atoms with Gasteiger partial charge in [-0.1, -0.05) is 39.0 Å². The molecular formula is C25H34N2O4S2. The summed E-state index contributed by atoms with van der Waals surface area (Å²) in [5, 5.41) is 2.94. The molecule has 33 heavy (non-hydrogen) atoms. The van der Waals surface area contributed by atoms with Gasteiger partial charge < -0.3 is 10.1 Å². The molecule has 6 nitrogen and oxygen atoms in total. The molecule has 0 aromatic heterocycles. The number of para-hydroxylation sites is 1. The third kappa shape index (κ3) is 6.52. The highest BCUT2D eigenvalue weighted by atomic mass is 32.2. The Morgan fingerprint density at radius 2 is 1.73 bits per heavy atom. The number of ether oxygens (including phenoxy) is 1. The SMILES string of the molecule is CSc1ccc(S(=O)(=O)N2CCC(C(=O)NCCOc3ccccc3C(C)(C)C)CC2)cc1. The number of sulfonamides is 1. The van der Waals surface area contributed by atoms with Crippen LogP contribution in [-0.2, 0) is 20.2 Å². The number of carbonyl (C=O) groups is 1. The molecule has 2 aromatic carbocycles. The molecule has 3 rings (SSSR count). The van der Waals surface area contributed by atoms with Crippen LogP contribution in [0, 0.1) is 5.92 Å². The molecule has 1 aliphatic rings. The summed E-state index contributed by atoms with van der Waals surface area (Å²) in [5.74, 6) is 0.615. The number of rotatable bonds is 8. The minimum absolute atomic E-state index is 0.0227. The minimum Gasteiger partial charge on any atom is -0.491 e. The summed E-state index contributed by atoms with van der Waals surface area (Å²) in [7, 11) is -3.53. The van der Waals surface area contributed by atoms with E-state index < -0.39 is 10.0 Å². The maximum absolute atomic E-state index is 12.9. The van der Waals surface area contributed by atoms with Gasteiger partial charge in [0, 0.05) is 23.9 Å². The first-order valence-corrected chi connectivity index (χ1v) is 13.9. The molecule has 1 saturated heterocycles. The van der Waals surface area contributed by atoms with Gasteiger partial charge in [-0.3, -0.25) is 4.79 Å². The van der Waals surface area contributed by atoms with Crippen molar-refractivity contribution in [3.63, 3.8) is 0 Å². The van der Waals surface area contributed by atoms with Crippen LogP contribution in [0.25, 0.3) is 0 Å². The molecule has 0 radical (unpaired) electrons. The molecule has 180 valence electrons. The van der Waals surface area contributed by atoms with Crippen LogP contribution in [0.3, 0.4) is 0 Å². The highest BCUT2D eigenvalue weighted by Crippen LogP contribution is 2.31. The van der Waals surface area contributed by atoms with E-state index in [9.17, 15) is 13.2 Å². The summed E-state index contributed by atoms with van der Waals surface area (Å²) in [6, 6.07) is 14.9. The molecule has 1 aliphatic heterocycles. The largest absolute Gasteiger partial charge is 0.491 e. The predicted octanol–water partition coefficient (Wildman–Crippen LogP) is 4.30. The van der Waals surface area contributed by atoms with Crippen LogP contribution >= 0.6 is 11.8 Å².